The number of aromatic nitrogens is 4. The number of piperazine rings is 1. The maximum atomic E-state index is 13.5. The fraction of sp³-hybridized carbons (Fsp3) is 0.500. The molecule has 3 aromatic rings. The van der Waals surface area contributed by atoms with Crippen LogP contribution in [-0.4, -0.2) is 77.1 Å². The van der Waals surface area contributed by atoms with Gasteiger partial charge in [0.2, 0.25) is 10.0 Å². The number of aryl methyl sites for hydroxylation is 2. The highest BCUT2D eigenvalue weighted by atomic mass is 32.2. The van der Waals surface area contributed by atoms with E-state index in [-0.39, 0.29) is 65.9 Å². The Morgan fingerprint density at radius 3 is 2.64 bits per heavy atom. The summed E-state index contributed by atoms with van der Waals surface area (Å²) >= 11 is 0. The number of likely N-dealkylation sites (N-methyl/N-ethyl adjacent to an activating group) is 1. The van der Waals surface area contributed by atoms with Gasteiger partial charge in [-0.15, -0.1) is 0 Å². The summed E-state index contributed by atoms with van der Waals surface area (Å²) in [5, 5.41) is 4.14. The molecule has 0 bridgehead atoms. The second kappa shape index (κ2) is 9.24. The molecule has 1 aromatic carbocycles. The van der Waals surface area contributed by atoms with Crippen LogP contribution in [0.25, 0.3) is 22.4 Å². The minimum absolute atomic E-state index is 0.000996. The van der Waals surface area contributed by atoms with Gasteiger partial charge in [0.05, 0.1) is 22.8 Å². The average Bonchev–Trinajstić information content (AvgIpc) is 3.24. The smallest absolute Gasteiger partial charge is 0.277 e. The van der Waals surface area contributed by atoms with Gasteiger partial charge in [-0.25, -0.2) is 13.4 Å². The Hall–Kier alpha value is -2.76. The molecule has 11 heteroatoms. The molecular formula is C22H30N6O4S. The Labute approximate surface area is 201 Å². The average molecular weight is 481 g/mol. The summed E-state index contributed by atoms with van der Waals surface area (Å²) in [7, 11) is -4.02. The minimum atomic E-state index is -4.02. The number of fused-ring (bicyclic) bond motifs is 1. The van der Waals surface area contributed by atoms with Crippen LogP contribution in [0.3, 0.4) is 0 Å². The third-order valence-electron chi connectivity index (χ3n) is 5.47. The number of H-pyrrole nitrogens is 1. The summed E-state index contributed by atoms with van der Waals surface area (Å²) in [5.74, 6) is 0.272. The van der Waals surface area contributed by atoms with E-state index in [9.17, 15) is 13.2 Å². The zero-order valence-electron chi connectivity index (χ0n) is 24.5. The van der Waals surface area contributed by atoms with Gasteiger partial charge < -0.3 is 14.6 Å². The first kappa shape index (κ1) is 16.8. The first-order valence-corrected chi connectivity index (χ1v) is 12.2. The van der Waals surface area contributed by atoms with Gasteiger partial charge in [-0.1, -0.05) is 13.3 Å². The third-order valence-corrected chi connectivity index (χ3v) is 7.36. The molecule has 0 amide bonds. The number of ether oxygens (including phenoxy) is 1. The van der Waals surface area contributed by atoms with Crippen LogP contribution in [-0.2, 0) is 23.4 Å². The topological polar surface area (TPSA) is 113 Å². The number of hydrogen-bond acceptors (Lipinski definition) is 7. The van der Waals surface area contributed by atoms with Gasteiger partial charge in [0.1, 0.15) is 17.1 Å². The lowest BCUT2D eigenvalue weighted by Gasteiger charge is -2.31. The zero-order valence-corrected chi connectivity index (χ0v) is 19.3. The van der Waals surface area contributed by atoms with E-state index in [1.54, 1.807) is 6.92 Å². The Morgan fingerprint density at radius 1 is 1.18 bits per heavy atom. The van der Waals surface area contributed by atoms with Crippen LogP contribution < -0.4 is 10.3 Å². The maximum Gasteiger partial charge on any atom is 0.277 e. The molecule has 1 aliphatic rings. The molecule has 33 heavy (non-hydrogen) atoms. The van der Waals surface area contributed by atoms with E-state index in [4.69, 9.17) is 13.0 Å². The molecule has 0 radical (unpaired) electrons. The first-order chi connectivity index (χ1) is 18.2. The van der Waals surface area contributed by atoms with Crippen molar-refractivity contribution in [2.24, 2.45) is 6.98 Å². The Kier molecular flexibility index (Phi) is 4.70. The van der Waals surface area contributed by atoms with Crippen molar-refractivity contribution < 1.29 is 21.4 Å². The van der Waals surface area contributed by atoms with Crippen molar-refractivity contribution in [2.75, 3.05) is 39.8 Å². The van der Waals surface area contributed by atoms with Crippen molar-refractivity contribution in [3.8, 4) is 17.1 Å². The Morgan fingerprint density at radius 2 is 1.97 bits per heavy atom. The predicted octanol–water partition coefficient (Wildman–Crippen LogP) is 1.61. The van der Waals surface area contributed by atoms with Crippen LogP contribution in [0.15, 0.2) is 27.9 Å². The maximum absolute atomic E-state index is 13.5. The van der Waals surface area contributed by atoms with E-state index in [2.05, 4.69) is 15.1 Å². The van der Waals surface area contributed by atoms with Gasteiger partial charge in [-0.2, -0.15) is 9.40 Å². The molecule has 10 nitrogen and oxygen atoms in total. The number of benzene rings is 1. The van der Waals surface area contributed by atoms with E-state index < -0.39 is 29.5 Å². The molecule has 0 spiro atoms. The molecule has 0 atom stereocenters. The zero-order chi connectivity index (χ0) is 28.8. The number of sulfonamides is 1. The van der Waals surface area contributed by atoms with Gasteiger partial charge in [0.15, 0.2) is 5.52 Å². The van der Waals surface area contributed by atoms with Gasteiger partial charge in [0, 0.05) is 41.4 Å². The van der Waals surface area contributed by atoms with Crippen LogP contribution in [0.5, 0.6) is 5.75 Å². The number of aromatic amines is 1. The van der Waals surface area contributed by atoms with Crippen molar-refractivity contribution >= 4 is 21.1 Å². The lowest BCUT2D eigenvalue weighted by molar-refractivity contribution is 0.222. The number of rotatable bonds is 7. The highest BCUT2D eigenvalue weighted by Crippen LogP contribution is 2.32. The first-order valence-electron chi connectivity index (χ1n) is 13.7. The second-order valence-corrected chi connectivity index (χ2v) is 9.64. The van der Waals surface area contributed by atoms with Crippen molar-refractivity contribution in [2.45, 2.75) is 31.6 Å². The highest BCUT2D eigenvalue weighted by molar-refractivity contribution is 7.89. The molecule has 1 aliphatic heterocycles. The summed E-state index contributed by atoms with van der Waals surface area (Å²) in [5.41, 5.74) is -0.288. The quantitative estimate of drug-likeness (QED) is 0.546. The molecule has 178 valence electrons. The second-order valence-electron chi connectivity index (χ2n) is 7.70. The summed E-state index contributed by atoms with van der Waals surface area (Å²) < 4.78 is 80.6. The molecule has 0 unspecified atom stereocenters. The van der Waals surface area contributed by atoms with Crippen LogP contribution in [0.4, 0.5) is 0 Å². The van der Waals surface area contributed by atoms with Crippen LogP contribution in [0, 0.1) is 0 Å². The van der Waals surface area contributed by atoms with Gasteiger partial charge >= 0.3 is 0 Å². The van der Waals surface area contributed by atoms with E-state index in [1.165, 1.54) is 27.4 Å². The SMILES string of the molecule is [2H]C([2H])([2H])N1CCN(S(=O)(=O)c2ccc(OCC)c(-c3nc4c(CCC)nn(C([2H])([2H])[2H])c4c(=O)[nH]3)c2)CC1. The monoisotopic (exact) mass is 480 g/mol. The van der Waals surface area contributed by atoms with E-state index in [0.717, 1.165) is 0 Å². The molecule has 1 fully saturated rings. The number of nitrogens with zero attached hydrogens (tertiary/aromatic N) is 5. The van der Waals surface area contributed by atoms with Gasteiger partial charge in [-0.3, -0.25) is 9.48 Å². The molecule has 0 saturated carbocycles. The van der Waals surface area contributed by atoms with E-state index >= 15 is 0 Å². The molecule has 1 N–H and O–H groups in total. The molecular weight excluding hydrogens is 444 g/mol. The molecule has 3 heterocycles. The van der Waals surface area contributed by atoms with Crippen LogP contribution in [0.2, 0.25) is 0 Å². The molecule has 0 aliphatic carbocycles. The molecule has 4 rings (SSSR count). The molecule has 2 aromatic heterocycles. The van der Waals surface area contributed by atoms with Crippen molar-refractivity contribution in [3.05, 3.63) is 34.2 Å². The third kappa shape index (κ3) is 4.40. The van der Waals surface area contributed by atoms with Gasteiger partial charge in [0.25, 0.3) is 5.56 Å². The number of hydrogen-bond donors (Lipinski definition) is 1. The van der Waals surface area contributed by atoms with Gasteiger partial charge in [-0.05, 0) is 38.5 Å². The summed E-state index contributed by atoms with van der Waals surface area (Å²) in [6.45, 7) is -1.01. The van der Waals surface area contributed by atoms with Crippen LogP contribution in [0.1, 0.15) is 34.2 Å². The predicted molar refractivity (Wildman–Crippen MR) is 126 cm³/mol. The lowest BCUT2D eigenvalue weighted by atomic mass is 10.1. The van der Waals surface area contributed by atoms with Crippen molar-refractivity contribution in [1.82, 2.24) is 29.0 Å². The van der Waals surface area contributed by atoms with E-state index in [0.29, 0.717) is 23.2 Å². The summed E-state index contributed by atoms with van der Waals surface area (Å²) in [6.07, 6.45) is 1.01. The van der Waals surface area contributed by atoms with Crippen molar-refractivity contribution in [1.29, 1.82) is 0 Å². The largest absolute Gasteiger partial charge is 0.493 e. The Bertz CT molecular complexity index is 1520. The Balaban J connectivity index is 1.82. The number of nitrogens with one attached hydrogen (secondary N) is 1. The highest BCUT2D eigenvalue weighted by Gasteiger charge is 2.29. The lowest BCUT2D eigenvalue weighted by Crippen LogP contribution is -2.47. The van der Waals surface area contributed by atoms with Crippen LogP contribution >= 0.6 is 0 Å². The minimum Gasteiger partial charge on any atom is -0.493 e. The van der Waals surface area contributed by atoms with E-state index in [1.807, 2.05) is 6.92 Å². The standard InChI is InChI=1S/C22H30N6O4S/c1-5-7-17-19-20(27(4)25-17)22(29)24-21(23-19)16-14-15(8-9-18(16)32-6-2)33(30,31)28-12-10-26(3)11-13-28/h8-9,14H,5-7,10-13H2,1-4H3,(H,23,24,29)/i3D3,4D3. The fourth-order valence-corrected chi connectivity index (χ4v) is 5.28. The fourth-order valence-electron chi connectivity index (χ4n) is 3.83. The normalized spacial score (nSPS) is 19.3. The summed E-state index contributed by atoms with van der Waals surface area (Å²) in [6, 6.07) is 4.19. The molecule has 1 saturated heterocycles. The summed E-state index contributed by atoms with van der Waals surface area (Å²) in [4.78, 5) is 21.4. The van der Waals surface area contributed by atoms with Crippen molar-refractivity contribution in [3.63, 3.8) is 0 Å².